The van der Waals surface area contributed by atoms with E-state index < -0.39 is 12.0 Å². The Balaban J connectivity index is 1.87. The third-order valence-electron chi connectivity index (χ3n) is 3.29. The fourth-order valence-corrected chi connectivity index (χ4v) is 4.16. The average molecular weight is 324 g/mol. The molecule has 110 valence electrons. The van der Waals surface area contributed by atoms with Gasteiger partial charge in [0.1, 0.15) is 6.04 Å². The van der Waals surface area contributed by atoms with Gasteiger partial charge in [-0.3, -0.25) is 9.59 Å². The number of benzene rings is 1. The fourth-order valence-electron chi connectivity index (χ4n) is 2.23. The van der Waals surface area contributed by atoms with Gasteiger partial charge < -0.3 is 15.3 Å². The van der Waals surface area contributed by atoms with E-state index in [1.54, 1.807) is 18.2 Å². The van der Waals surface area contributed by atoms with E-state index in [-0.39, 0.29) is 11.8 Å². The minimum atomic E-state index is -0.991. The number of carbonyl (C=O) groups excluding carboxylic acids is 2. The van der Waals surface area contributed by atoms with Gasteiger partial charge in [0.2, 0.25) is 5.91 Å². The summed E-state index contributed by atoms with van der Waals surface area (Å²) in [5.41, 5.74) is 1.01. The summed E-state index contributed by atoms with van der Waals surface area (Å²) in [7, 11) is 0. The zero-order chi connectivity index (χ0) is 15.0. The van der Waals surface area contributed by atoms with Crippen molar-refractivity contribution in [3.8, 4) is 0 Å². The van der Waals surface area contributed by atoms with Gasteiger partial charge in [-0.15, -0.1) is 23.5 Å². The van der Waals surface area contributed by atoms with Gasteiger partial charge in [0.15, 0.2) is 0 Å². The van der Waals surface area contributed by atoms with Crippen LogP contribution in [0.3, 0.4) is 0 Å². The smallest absolute Gasteiger partial charge is 0.327 e. The zero-order valence-electron chi connectivity index (χ0n) is 10.9. The topological polar surface area (TPSA) is 86.7 Å². The lowest BCUT2D eigenvalue weighted by molar-refractivity contribution is -0.140. The third-order valence-corrected chi connectivity index (χ3v) is 5.37. The molecule has 2 aliphatic rings. The molecule has 1 saturated heterocycles. The second-order valence-corrected chi connectivity index (χ2v) is 6.69. The van der Waals surface area contributed by atoms with Crippen molar-refractivity contribution < 1.29 is 19.5 Å². The van der Waals surface area contributed by atoms with Crippen LogP contribution in [0.2, 0.25) is 0 Å². The predicted molar refractivity (Wildman–Crippen MR) is 80.7 cm³/mol. The van der Waals surface area contributed by atoms with Crippen LogP contribution in [0, 0.1) is 0 Å². The first kappa shape index (κ1) is 14.3. The largest absolute Gasteiger partial charge is 0.480 e. The summed E-state index contributed by atoms with van der Waals surface area (Å²) in [5, 5.41) is 11.9. The number of hydrogen-bond donors (Lipinski definition) is 2. The molecule has 0 spiro atoms. The van der Waals surface area contributed by atoms with E-state index in [9.17, 15) is 14.4 Å². The Bertz CT molecular complexity index is 635. The van der Waals surface area contributed by atoms with Gasteiger partial charge in [-0.2, -0.15) is 0 Å². The van der Waals surface area contributed by atoms with Crippen molar-refractivity contribution in [1.29, 1.82) is 0 Å². The number of nitrogens with one attached hydrogen (secondary N) is 1. The molecule has 2 heterocycles. The Morgan fingerprint density at radius 3 is 2.95 bits per heavy atom. The first-order chi connectivity index (χ1) is 10.1. The highest BCUT2D eigenvalue weighted by molar-refractivity contribution is 8.00. The molecule has 1 aromatic carbocycles. The van der Waals surface area contributed by atoms with Crippen molar-refractivity contribution in [1.82, 2.24) is 4.90 Å². The lowest BCUT2D eigenvalue weighted by atomic mass is 10.1. The highest BCUT2D eigenvalue weighted by Gasteiger charge is 2.35. The van der Waals surface area contributed by atoms with Gasteiger partial charge >= 0.3 is 5.97 Å². The average Bonchev–Trinajstić information content (AvgIpc) is 2.95. The molecule has 1 aromatic rings. The first-order valence-corrected chi connectivity index (χ1v) is 8.38. The molecule has 2 aliphatic heterocycles. The van der Waals surface area contributed by atoms with Crippen molar-refractivity contribution in [2.45, 2.75) is 10.9 Å². The summed E-state index contributed by atoms with van der Waals surface area (Å²) in [6, 6.07) is 4.28. The maximum absolute atomic E-state index is 12.5. The minimum absolute atomic E-state index is 0.0998. The third kappa shape index (κ3) is 2.73. The van der Waals surface area contributed by atoms with Crippen LogP contribution in [-0.4, -0.2) is 51.2 Å². The Morgan fingerprint density at radius 1 is 1.38 bits per heavy atom. The molecule has 1 atom stereocenters. The van der Waals surface area contributed by atoms with Gasteiger partial charge in [-0.05, 0) is 18.2 Å². The number of thioether (sulfide) groups is 2. The van der Waals surface area contributed by atoms with Crippen LogP contribution in [0.5, 0.6) is 0 Å². The van der Waals surface area contributed by atoms with Crippen molar-refractivity contribution in [3.05, 3.63) is 23.8 Å². The molecule has 2 amide bonds. The van der Waals surface area contributed by atoms with E-state index in [2.05, 4.69) is 5.32 Å². The molecule has 0 aromatic heterocycles. The van der Waals surface area contributed by atoms with Crippen LogP contribution in [0.25, 0.3) is 0 Å². The molecule has 1 fully saturated rings. The van der Waals surface area contributed by atoms with Gasteiger partial charge in [0.25, 0.3) is 5.91 Å². The van der Waals surface area contributed by atoms with Crippen LogP contribution >= 0.6 is 23.5 Å². The quantitative estimate of drug-likeness (QED) is 0.853. The minimum Gasteiger partial charge on any atom is -0.480 e. The van der Waals surface area contributed by atoms with E-state index in [4.69, 9.17) is 5.11 Å². The summed E-state index contributed by atoms with van der Waals surface area (Å²) in [4.78, 5) is 37.3. The number of fused-ring (bicyclic) bond motifs is 1. The fraction of sp³-hybridized carbons (Fsp3) is 0.308. The summed E-state index contributed by atoms with van der Waals surface area (Å²) in [5.74, 6) is -0.274. The van der Waals surface area contributed by atoms with Crippen LogP contribution in [0.4, 0.5) is 5.69 Å². The predicted octanol–water partition coefficient (Wildman–Crippen LogP) is 1.33. The van der Waals surface area contributed by atoms with Gasteiger partial charge in [-0.1, -0.05) is 0 Å². The number of carbonyl (C=O) groups is 3. The SMILES string of the molecule is O=C1CSc2ccc(C(=O)N3CSCC3C(=O)O)cc2N1. The summed E-state index contributed by atoms with van der Waals surface area (Å²) in [6.45, 7) is 0. The number of carboxylic acids is 1. The van der Waals surface area contributed by atoms with Crippen molar-refractivity contribution >= 4 is 47.0 Å². The highest BCUT2D eigenvalue weighted by Crippen LogP contribution is 2.33. The van der Waals surface area contributed by atoms with Gasteiger partial charge in [0, 0.05) is 16.2 Å². The number of hydrogen-bond acceptors (Lipinski definition) is 5. The molecule has 0 saturated carbocycles. The monoisotopic (exact) mass is 324 g/mol. The van der Waals surface area contributed by atoms with Crippen LogP contribution in [-0.2, 0) is 9.59 Å². The number of rotatable bonds is 2. The van der Waals surface area contributed by atoms with E-state index >= 15 is 0 Å². The van der Waals surface area contributed by atoms with Crippen LogP contribution < -0.4 is 5.32 Å². The van der Waals surface area contributed by atoms with E-state index in [1.807, 2.05) is 0 Å². The molecular formula is C13H12N2O4S2. The maximum Gasteiger partial charge on any atom is 0.327 e. The first-order valence-electron chi connectivity index (χ1n) is 6.24. The molecule has 3 rings (SSSR count). The number of aliphatic carboxylic acids is 1. The highest BCUT2D eigenvalue weighted by atomic mass is 32.2. The molecule has 8 heteroatoms. The number of nitrogens with zero attached hydrogens (tertiary/aromatic N) is 1. The Kier molecular flexibility index (Phi) is 3.81. The molecular weight excluding hydrogens is 312 g/mol. The van der Waals surface area contributed by atoms with Crippen molar-refractivity contribution in [3.63, 3.8) is 0 Å². The number of anilines is 1. The number of carboxylic acid groups (broad SMARTS) is 1. The van der Waals surface area contributed by atoms with E-state index in [1.165, 1.54) is 28.4 Å². The van der Waals surface area contributed by atoms with Gasteiger partial charge in [-0.25, -0.2) is 4.79 Å². The van der Waals surface area contributed by atoms with Crippen molar-refractivity contribution in [2.75, 3.05) is 22.7 Å². The standard InChI is InChI=1S/C13H12N2O4S2/c16-11-5-21-10-2-1-7(3-8(10)14-11)12(17)15-6-20-4-9(15)13(18)19/h1-3,9H,4-6H2,(H,14,16)(H,18,19). The number of amides is 2. The summed E-state index contributed by atoms with van der Waals surface area (Å²) < 4.78 is 0. The van der Waals surface area contributed by atoms with Gasteiger partial charge in [0.05, 0.1) is 17.3 Å². The second kappa shape index (κ2) is 5.61. The van der Waals surface area contributed by atoms with E-state index in [0.29, 0.717) is 28.6 Å². The zero-order valence-corrected chi connectivity index (χ0v) is 12.5. The lowest BCUT2D eigenvalue weighted by Gasteiger charge is -2.22. The van der Waals surface area contributed by atoms with Crippen LogP contribution in [0.15, 0.2) is 23.1 Å². The van der Waals surface area contributed by atoms with E-state index in [0.717, 1.165) is 4.90 Å². The lowest BCUT2D eigenvalue weighted by Crippen LogP contribution is -2.41. The molecule has 0 aliphatic carbocycles. The Hall–Kier alpha value is -1.67. The molecule has 21 heavy (non-hydrogen) atoms. The maximum atomic E-state index is 12.5. The summed E-state index contributed by atoms with van der Waals surface area (Å²) in [6.07, 6.45) is 0. The summed E-state index contributed by atoms with van der Waals surface area (Å²) >= 11 is 2.84. The van der Waals surface area contributed by atoms with Crippen LogP contribution in [0.1, 0.15) is 10.4 Å². The molecule has 0 radical (unpaired) electrons. The molecule has 6 nitrogen and oxygen atoms in total. The molecule has 0 bridgehead atoms. The molecule has 1 unspecified atom stereocenters. The Morgan fingerprint density at radius 2 is 2.19 bits per heavy atom. The normalized spacial score (nSPS) is 20.9. The second-order valence-electron chi connectivity index (χ2n) is 4.68. The van der Waals surface area contributed by atoms with Crippen molar-refractivity contribution in [2.24, 2.45) is 0 Å². The molecule has 2 N–H and O–H groups in total. The Labute approximate surface area is 129 Å².